The Morgan fingerprint density at radius 2 is 2.12 bits per heavy atom. The van der Waals surface area contributed by atoms with Crippen LogP contribution in [0.4, 0.5) is 15.8 Å². The summed E-state index contributed by atoms with van der Waals surface area (Å²) in [5.41, 5.74) is 11.0. The molecule has 0 unspecified atom stereocenters. The molecule has 9 nitrogen and oxygen atoms in total. The van der Waals surface area contributed by atoms with Crippen LogP contribution in [-0.2, 0) is 9.53 Å². The van der Waals surface area contributed by atoms with Crippen molar-refractivity contribution in [2.45, 2.75) is 25.0 Å². The number of thiophene rings is 1. The zero-order chi connectivity index (χ0) is 24.2. The van der Waals surface area contributed by atoms with E-state index in [-0.39, 0.29) is 34.6 Å². The fourth-order valence-electron chi connectivity index (χ4n) is 3.69. The number of nitrogens with two attached hydrogens (primary N) is 2. The monoisotopic (exact) mass is 503 g/mol. The first-order valence-corrected chi connectivity index (χ1v) is 12.1. The first-order chi connectivity index (χ1) is 16.4. The number of hydrogen-bond donors (Lipinski definition) is 3. The number of carbonyl (C=O) groups excluding carboxylic acids is 3. The number of amides is 3. The second-order valence-corrected chi connectivity index (χ2v) is 9.34. The van der Waals surface area contributed by atoms with E-state index in [9.17, 15) is 18.8 Å². The van der Waals surface area contributed by atoms with Crippen LogP contribution in [0.25, 0.3) is 0 Å². The molecule has 3 amide bonds. The van der Waals surface area contributed by atoms with Crippen molar-refractivity contribution in [1.29, 1.82) is 0 Å². The molecule has 5 N–H and O–H groups in total. The molecule has 1 aliphatic rings. The van der Waals surface area contributed by atoms with Gasteiger partial charge in [0.25, 0.3) is 11.8 Å². The van der Waals surface area contributed by atoms with Crippen LogP contribution in [0.15, 0.2) is 41.8 Å². The lowest BCUT2D eigenvalue weighted by atomic mass is 10.1. The molecule has 34 heavy (non-hydrogen) atoms. The average molecular weight is 504 g/mol. The molecule has 0 spiro atoms. The highest BCUT2D eigenvalue weighted by molar-refractivity contribution is 7.10. The van der Waals surface area contributed by atoms with E-state index in [1.165, 1.54) is 29.5 Å². The van der Waals surface area contributed by atoms with E-state index in [1.54, 1.807) is 17.5 Å². The average Bonchev–Trinajstić information content (AvgIpc) is 3.57. The van der Waals surface area contributed by atoms with Crippen molar-refractivity contribution < 1.29 is 23.5 Å². The van der Waals surface area contributed by atoms with Crippen molar-refractivity contribution in [2.75, 3.05) is 23.8 Å². The fourth-order valence-corrected chi connectivity index (χ4v) is 5.24. The zero-order valence-corrected chi connectivity index (χ0v) is 19.5. The van der Waals surface area contributed by atoms with Crippen LogP contribution in [-0.4, -0.2) is 41.4 Å². The molecule has 0 radical (unpaired) electrons. The van der Waals surface area contributed by atoms with E-state index in [1.807, 2.05) is 0 Å². The van der Waals surface area contributed by atoms with Crippen molar-refractivity contribution in [3.05, 3.63) is 63.0 Å². The Bertz CT molecular complexity index is 1190. The van der Waals surface area contributed by atoms with Gasteiger partial charge in [-0.25, -0.2) is 4.39 Å². The number of nitrogens with zero attached hydrogens (tertiary/aromatic N) is 2. The van der Waals surface area contributed by atoms with Crippen LogP contribution < -0.4 is 21.7 Å². The highest BCUT2D eigenvalue weighted by Gasteiger charge is 2.37. The molecule has 3 aromatic rings. The third-order valence-electron chi connectivity index (χ3n) is 5.31. The van der Waals surface area contributed by atoms with E-state index < -0.39 is 29.6 Å². The Morgan fingerprint density at radius 1 is 1.29 bits per heavy atom. The zero-order valence-electron chi connectivity index (χ0n) is 17.9. The maximum Gasteiger partial charge on any atom is 0.273 e. The molecule has 1 aromatic carbocycles. The Morgan fingerprint density at radius 3 is 2.74 bits per heavy atom. The summed E-state index contributed by atoms with van der Waals surface area (Å²) in [5, 5.41) is 4.63. The van der Waals surface area contributed by atoms with Gasteiger partial charge < -0.3 is 21.5 Å². The van der Waals surface area contributed by atoms with Gasteiger partial charge in [-0.15, -0.1) is 11.3 Å². The van der Waals surface area contributed by atoms with Crippen LogP contribution in [0.3, 0.4) is 0 Å². The number of carbonyl (C=O) groups is 3. The summed E-state index contributed by atoms with van der Waals surface area (Å²) < 4.78 is 23.7. The van der Waals surface area contributed by atoms with Crippen LogP contribution in [0.2, 0.25) is 0 Å². The fraction of sp³-hybridized carbons (Fsp3) is 0.273. The molecule has 1 saturated heterocycles. The summed E-state index contributed by atoms with van der Waals surface area (Å²) in [5.74, 6) is -2.64. The van der Waals surface area contributed by atoms with E-state index in [0.29, 0.717) is 23.0 Å². The van der Waals surface area contributed by atoms with Gasteiger partial charge in [0.1, 0.15) is 10.7 Å². The molecular formula is C22H22FN5O4S2. The molecule has 1 aliphatic heterocycles. The van der Waals surface area contributed by atoms with Crippen molar-refractivity contribution in [1.82, 2.24) is 9.69 Å². The lowest BCUT2D eigenvalue weighted by molar-refractivity contribution is -0.122. The predicted molar refractivity (Wildman–Crippen MR) is 127 cm³/mol. The van der Waals surface area contributed by atoms with Gasteiger partial charge in [-0.2, -0.15) is 4.37 Å². The Hall–Kier alpha value is -3.35. The minimum atomic E-state index is -1.13. The van der Waals surface area contributed by atoms with Gasteiger partial charge in [-0.05, 0) is 54.0 Å². The molecule has 0 aliphatic carbocycles. The maximum atomic E-state index is 14.2. The first-order valence-electron chi connectivity index (χ1n) is 10.4. The molecule has 3 heterocycles. The van der Waals surface area contributed by atoms with Gasteiger partial charge in [0.2, 0.25) is 5.91 Å². The number of ether oxygens (including phenoxy) is 1. The van der Waals surface area contributed by atoms with Crippen LogP contribution >= 0.6 is 22.9 Å². The summed E-state index contributed by atoms with van der Waals surface area (Å²) >= 11 is 1.97. The molecule has 0 bridgehead atoms. The van der Waals surface area contributed by atoms with E-state index in [2.05, 4.69) is 9.69 Å². The third-order valence-corrected chi connectivity index (χ3v) is 7.08. The molecule has 2 aromatic heterocycles. The first kappa shape index (κ1) is 23.8. The highest BCUT2D eigenvalue weighted by Crippen LogP contribution is 2.35. The number of benzene rings is 1. The Kier molecular flexibility index (Phi) is 7.20. The number of primary amides is 1. The van der Waals surface area contributed by atoms with Gasteiger partial charge in [0.05, 0.1) is 11.8 Å². The van der Waals surface area contributed by atoms with E-state index >= 15 is 0 Å². The van der Waals surface area contributed by atoms with Crippen molar-refractivity contribution in [2.24, 2.45) is 5.73 Å². The van der Waals surface area contributed by atoms with Crippen molar-refractivity contribution >= 4 is 52.0 Å². The molecule has 1 fully saturated rings. The SMILES string of the molecule is NC(=O)c1nsc(C(=O)N(c2cccc(F)c2)[C@@H](C(=O)NC[C@@H]2CCCO2)c2cccs2)c1N. The van der Waals surface area contributed by atoms with Gasteiger partial charge in [-0.1, -0.05) is 12.1 Å². The summed E-state index contributed by atoms with van der Waals surface area (Å²) in [6.45, 7) is 0.913. The lowest BCUT2D eigenvalue weighted by Crippen LogP contribution is -2.45. The second-order valence-electron chi connectivity index (χ2n) is 7.59. The van der Waals surface area contributed by atoms with Crippen LogP contribution in [0.5, 0.6) is 0 Å². The quantitative estimate of drug-likeness (QED) is 0.432. The molecule has 0 saturated carbocycles. The smallest absolute Gasteiger partial charge is 0.273 e. The van der Waals surface area contributed by atoms with Crippen LogP contribution in [0, 0.1) is 5.82 Å². The number of aromatic nitrogens is 1. The number of hydrogen-bond acceptors (Lipinski definition) is 8. The second kappa shape index (κ2) is 10.3. The van der Waals surface area contributed by atoms with Crippen LogP contribution in [0.1, 0.15) is 43.9 Å². The Balaban J connectivity index is 1.76. The standard InChI is InChI=1S/C22H22FN5O4S2/c23-12-4-1-5-13(10-12)28(22(31)19-16(24)17(20(25)29)27-34-19)18(15-7-3-9-33-15)21(30)26-11-14-6-2-8-32-14/h1,3-5,7,9-10,14,18H,2,6,8,11,24H2,(H2,25,29)(H,26,30)/t14-,18+/m0/s1. The molecule has 4 rings (SSSR count). The van der Waals surface area contributed by atoms with Crippen molar-refractivity contribution in [3.8, 4) is 0 Å². The topological polar surface area (TPSA) is 141 Å². The van der Waals surface area contributed by atoms with Gasteiger partial charge in [-0.3, -0.25) is 19.3 Å². The minimum Gasteiger partial charge on any atom is -0.395 e. The minimum absolute atomic E-state index is 0.0773. The number of halogens is 1. The highest BCUT2D eigenvalue weighted by atomic mass is 32.1. The summed E-state index contributed by atoms with van der Waals surface area (Å²) in [4.78, 5) is 40.5. The van der Waals surface area contributed by atoms with Gasteiger partial charge >= 0.3 is 0 Å². The number of nitrogen functional groups attached to an aromatic ring is 1. The molecule has 2 atom stereocenters. The lowest BCUT2D eigenvalue weighted by Gasteiger charge is -2.30. The van der Waals surface area contributed by atoms with Gasteiger partial charge in [0, 0.05) is 23.7 Å². The molecule has 12 heteroatoms. The third kappa shape index (κ3) is 4.93. The predicted octanol–water partition coefficient (Wildman–Crippen LogP) is 2.71. The summed E-state index contributed by atoms with van der Waals surface area (Å²) in [6.07, 6.45) is 1.63. The van der Waals surface area contributed by atoms with E-state index in [4.69, 9.17) is 16.2 Å². The Labute approximate surface area is 202 Å². The van der Waals surface area contributed by atoms with Crippen molar-refractivity contribution in [3.63, 3.8) is 0 Å². The number of anilines is 2. The summed E-state index contributed by atoms with van der Waals surface area (Å²) in [7, 11) is 0. The molecule has 178 valence electrons. The largest absolute Gasteiger partial charge is 0.395 e. The normalized spacial score (nSPS) is 16.2. The van der Waals surface area contributed by atoms with Gasteiger partial charge in [0.15, 0.2) is 11.7 Å². The number of rotatable bonds is 8. The molecular weight excluding hydrogens is 481 g/mol. The summed E-state index contributed by atoms with van der Waals surface area (Å²) in [6, 6.07) is 7.67. The van der Waals surface area contributed by atoms with E-state index in [0.717, 1.165) is 23.8 Å². The number of nitrogens with one attached hydrogen (secondary N) is 1. The maximum absolute atomic E-state index is 14.2.